The van der Waals surface area contributed by atoms with E-state index >= 15 is 0 Å². The molecule has 10 heteroatoms. The molecule has 1 aromatic carbocycles. The highest BCUT2D eigenvalue weighted by molar-refractivity contribution is 5.94. The summed E-state index contributed by atoms with van der Waals surface area (Å²) < 4.78 is 13.2. The molecule has 264 valence electrons. The van der Waals surface area contributed by atoms with Gasteiger partial charge in [0.15, 0.2) is 0 Å². The highest BCUT2D eigenvalue weighted by Gasteiger charge is 2.51. The number of alkyl carbamates (subject to hydrolysis) is 1. The summed E-state index contributed by atoms with van der Waals surface area (Å²) in [5.74, 6) is 1.57. The van der Waals surface area contributed by atoms with Gasteiger partial charge in [-0.3, -0.25) is 14.4 Å². The van der Waals surface area contributed by atoms with E-state index < -0.39 is 0 Å². The maximum Gasteiger partial charge on any atom is 0.407 e. The molecule has 2 amide bonds. The fourth-order valence-electron chi connectivity index (χ4n) is 8.36. The summed E-state index contributed by atoms with van der Waals surface area (Å²) in [5, 5.41) is 7.37. The number of aromatic nitrogens is 4. The van der Waals surface area contributed by atoms with E-state index in [9.17, 15) is 9.59 Å². The molecule has 49 heavy (non-hydrogen) atoms. The first-order chi connectivity index (χ1) is 23.6. The molecule has 1 N–H and O–H groups in total. The molecule has 7 rings (SSSR count). The number of nitrogens with zero attached hydrogens (tertiary/aromatic N) is 5. The highest BCUT2D eigenvalue weighted by Crippen LogP contribution is 2.58. The van der Waals surface area contributed by atoms with E-state index in [1.807, 2.05) is 28.0 Å². The molecule has 0 unspecified atom stereocenters. The van der Waals surface area contributed by atoms with Crippen LogP contribution in [0.2, 0.25) is 0 Å². The zero-order chi connectivity index (χ0) is 34.6. The van der Waals surface area contributed by atoms with E-state index in [2.05, 4.69) is 61.3 Å². The predicted molar refractivity (Wildman–Crippen MR) is 191 cm³/mol. The number of aryl methyl sites for hydroxylation is 1. The second-order valence-electron chi connectivity index (χ2n) is 15.1. The number of unbranched alkanes of at least 4 members (excludes halogenated alkanes) is 1. The van der Waals surface area contributed by atoms with Gasteiger partial charge < -0.3 is 14.8 Å². The number of rotatable bonds is 12. The van der Waals surface area contributed by atoms with Gasteiger partial charge in [0.1, 0.15) is 24.0 Å². The molecule has 4 aliphatic rings. The standard InChI is InChI=1S/C39H54N6O4/c1-6-7-20-40-37(47)49-32-11-8-29(9-12-32)36(46)44(35-22-33(41-26-42-35)30-23-43-45(24-30)27(2)3)25-38-14-17-39(18-15-38,19-16-38)31-10-13-34(48-5)28(4)21-31/h10,13,21-24,26-27,29,32H,6-9,11-12,14-20,25H2,1-5H3,(H,40,47). The lowest BCUT2D eigenvalue weighted by Crippen LogP contribution is -2.52. The van der Waals surface area contributed by atoms with Gasteiger partial charge in [0.05, 0.1) is 19.0 Å². The number of anilines is 1. The summed E-state index contributed by atoms with van der Waals surface area (Å²) in [6.45, 7) is 9.69. The Balaban J connectivity index is 1.20. The summed E-state index contributed by atoms with van der Waals surface area (Å²) in [4.78, 5) is 38.2. The maximum atomic E-state index is 14.6. The minimum Gasteiger partial charge on any atom is -0.496 e. The first kappa shape index (κ1) is 34.9. The van der Waals surface area contributed by atoms with Gasteiger partial charge >= 0.3 is 6.09 Å². The van der Waals surface area contributed by atoms with Crippen LogP contribution in [0.1, 0.15) is 115 Å². The molecule has 0 spiro atoms. The normalized spacial score (nSPS) is 24.9. The molecule has 3 aromatic rings. The number of carbonyl (C=O) groups excluding carboxylic acids is 2. The van der Waals surface area contributed by atoms with Gasteiger partial charge in [-0.15, -0.1) is 0 Å². The fourth-order valence-corrected chi connectivity index (χ4v) is 8.36. The average Bonchev–Trinajstić information content (AvgIpc) is 3.63. The summed E-state index contributed by atoms with van der Waals surface area (Å²) in [5.41, 5.74) is 4.51. The van der Waals surface area contributed by atoms with Crippen LogP contribution in [0, 0.1) is 18.3 Å². The molecule has 0 aliphatic heterocycles. The number of methoxy groups -OCH3 is 1. The van der Waals surface area contributed by atoms with E-state index in [0.29, 0.717) is 44.6 Å². The molecular formula is C39H54N6O4. The minimum absolute atomic E-state index is 0.0451. The molecular weight excluding hydrogens is 616 g/mol. The van der Waals surface area contributed by atoms with Crippen molar-refractivity contribution in [2.75, 3.05) is 25.1 Å². The molecule has 0 atom stereocenters. The van der Waals surface area contributed by atoms with Crippen LogP contribution in [0.3, 0.4) is 0 Å². The zero-order valence-electron chi connectivity index (χ0n) is 30.0. The van der Waals surface area contributed by atoms with Crippen molar-refractivity contribution in [1.29, 1.82) is 0 Å². The van der Waals surface area contributed by atoms with Crippen LogP contribution >= 0.6 is 0 Å². The van der Waals surface area contributed by atoms with E-state index in [0.717, 1.165) is 68.4 Å². The Bertz CT molecular complexity index is 1590. The third-order valence-corrected chi connectivity index (χ3v) is 11.6. The average molecular weight is 671 g/mol. The third-order valence-electron chi connectivity index (χ3n) is 11.6. The number of carbonyl (C=O) groups is 2. The van der Waals surface area contributed by atoms with E-state index in [4.69, 9.17) is 14.5 Å². The number of ether oxygens (including phenoxy) is 2. The van der Waals surface area contributed by atoms with Crippen molar-refractivity contribution in [3.8, 4) is 17.0 Å². The molecule has 2 heterocycles. The van der Waals surface area contributed by atoms with Crippen molar-refractivity contribution in [3.05, 3.63) is 54.1 Å². The fraction of sp³-hybridized carbons (Fsp3) is 0.615. The summed E-state index contributed by atoms with van der Waals surface area (Å²) in [7, 11) is 1.73. The minimum atomic E-state index is -0.353. The highest BCUT2D eigenvalue weighted by atomic mass is 16.6. The Morgan fingerprint density at radius 3 is 2.41 bits per heavy atom. The van der Waals surface area contributed by atoms with Gasteiger partial charge in [0, 0.05) is 42.9 Å². The van der Waals surface area contributed by atoms with Gasteiger partial charge in [-0.2, -0.15) is 5.10 Å². The van der Waals surface area contributed by atoms with Crippen LogP contribution in [0.5, 0.6) is 5.75 Å². The van der Waals surface area contributed by atoms with Gasteiger partial charge in [0.25, 0.3) is 0 Å². The molecule has 4 aliphatic carbocycles. The summed E-state index contributed by atoms with van der Waals surface area (Å²) in [6.07, 6.45) is 16.2. The number of hydrogen-bond donors (Lipinski definition) is 1. The lowest BCUT2D eigenvalue weighted by Gasteiger charge is -2.55. The van der Waals surface area contributed by atoms with E-state index in [1.165, 1.54) is 11.1 Å². The number of amides is 2. The second-order valence-corrected chi connectivity index (χ2v) is 15.1. The van der Waals surface area contributed by atoms with E-state index in [-0.39, 0.29) is 40.9 Å². The number of fused-ring (bicyclic) bond motifs is 3. The summed E-state index contributed by atoms with van der Waals surface area (Å²) in [6, 6.07) is 8.90. The predicted octanol–water partition coefficient (Wildman–Crippen LogP) is 7.95. The number of benzene rings is 1. The molecule has 0 saturated heterocycles. The Morgan fingerprint density at radius 1 is 1.04 bits per heavy atom. The van der Waals surface area contributed by atoms with Crippen LogP contribution < -0.4 is 15.0 Å². The lowest BCUT2D eigenvalue weighted by atomic mass is 9.51. The Morgan fingerprint density at radius 2 is 1.78 bits per heavy atom. The first-order valence-electron chi connectivity index (χ1n) is 18.4. The first-order valence-corrected chi connectivity index (χ1v) is 18.4. The van der Waals surface area contributed by atoms with Crippen molar-refractivity contribution < 1.29 is 19.1 Å². The maximum absolute atomic E-state index is 14.6. The van der Waals surface area contributed by atoms with Gasteiger partial charge in [-0.1, -0.05) is 25.5 Å². The van der Waals surface area contributed by atoms with Crippen molar-refractivity contribution >= 4 is 17.8 Å². The van der Waals surface area contributed by atoms with Crippen molar-refractivity contribution in [2.45, 2.75) is 122 Å². The van der Waals surface area contributed by atoms with Crippen molar-refractivity contribution in [1.82, 2.24) is 25.1 Å². The Labute approximate surface area is 291 Å². The monoisotopic (exact) mass is 670 g/mol. The second kappa shape index (κ2) is 14.9. The van der Waals surface area contributed by atoms with Gasteiger partial charge in [-0.05, 0) is 119 Å². The molecule has 4 saturated carbocycles. The Kier molecular flexibility index (Phi) is 10.6. The van der Waals surface area contributed by atoms with Gasteiger partial charge in [-0.25, -0.2) is 14.8 Å². The molecule has 4 fully saturated rings. The van der Waals surface area contributed by atoms with Crippen molar-refractivity contribution in [2.24, 2.45) is 11.3 Å². The van der Waals surface area contributed by atoms with Crippen LogP contribution in [0.25, 0.3) is 11.3 Å². The molecule has 0 radical (unpaired) electrons. The van der Waals surface area contributed by atoms with Crippen LogP contribution in [0.4, 0.5) is 10.6 Å². The van der Waals surface area contributed by atoms with Crippen LogP contribution in [-0.2, 0) is 14.9 Å². The third kappa shape index (κ3) is 7.63. The van der Waals surface area contributed by atoms with Gasteiger partial charge in [0.2, 0.25) is 5.91 Å². The van der Waals surface area contributed by atoms with Crippen molar-refractivity contribution in [3.63, 3.8) is 0 Å². The smallest absolute Gasteiger partial charge is 0.407 e. The Hall–Kier alpha value is -3.95. The number of hydrogen-bond acceptors (Lipinski definition) is 7. The summed E-state index contributed by atoms with van der Waals surface area (Å²) >= 11 is 0. The van der Waals surface area contributed by atoms with E-state index in [1.54, 1.807) is 13.4 Å². The molecule has 2 aromatic heterocycles. The topological polar surface area (TPSA) is 111 Å². The SMILES string of the molecule is CCCCNC(=O)OC1CCC(C(=O)N(CC23CCC(c4ccc(OC)c(C)c4)(CC2)CC3)c2cc(-c3cnn(C(C)C)c3)ncn2)CC1. The van der Waals surface area contributed by atoms with Crippen LogP contribution in [-0.4, -0.2) is 58.1 Å². The van der Waals surface area contributed by atoms with Crippen LogP contribution in [0.15, 0.2) is 43.0 Å². The molecule has 2 bridgehead atoms. The largest absolute Gasteiger partial charge is 0.496 e. The lowest BCUT2D eigenvalue weighted by molar-refractivity contribution is -0.124. The quantitative estimate of drug-likeness (QED) is 0.195. The molecule has 10 nitrogen and oxygen atoms in total. The zero-order valence-corrected chi connectivity index (χ0v) is 30.0. The number of nitrogens with one attached hydrogen (secondary N) is 1.